The first-order valence-electron chi connectivity index (χ1n) is 6.12. The fourth-order valence-electron chi connectivity index (χ4n) is 1.81. The highest BCUT2D eigenvalue weighted by Crippen LogP contribution is 2.43. The van der Waals surface area contributed by atoms with E-state index in [0.717, 1.165) is 25.0 Å². The van der Waals surface area contributed by atoms with Crippen LogP contribution in [0.3, 0.4) is 0 Å². The highest BCUT2D eigenvalue weighted by Gasteiger charge is 2.34. The lowest BCUT2D eigenvalue weighted by molar-refractivity contribution is -0.137. The van der Waals surface area contributed by atoms with Crippen molar-refractivity contribution in [1.82, 2.24) is 0 Å². The van der Waals surface area contributed by atoms with Gasteiger partial charge in [-0.15, -0.1) is 0 Å². The van der Waals surface area contributed by atoms with Gasteiger partial charge < -0.3 is 4.74 Å². The van der Waals surface area contributed by atoms with Crippen molar-refractivity contribution in [3.8, 4) is 5.75 Å². The molecule has 1 aromatic carbocycles. The zero-order valence-corrected chi connectivity index (χ0v) is 10.7. The quantitative estimate of drug-likeness (QED) is 0.710. The SMILES string of the molecule is [C-]#[N+]c1c(OC2CC2)cc(C(F)(F)F)cc1C(C)C. The van der Waals surface area contributed by atoms with E-state index in [1.807, 2.05) is 0 Å². The number of hydrogen-bond donors (Lipinski definition) is 0. The van der Waals surface area contributed by atoms with Gasteiger partial charge in [-0.3, -0.25) is 0 Å². The Hall–Kier alpha value is -1.70. The van der Waals surface area contributed by atoms with Crippen molar-refractivity contribution >= 4 is 5.69 Å². The summed E-state index contributed by atoms with van der Waals surface area (Å²) in [6.07, 6.45) is -2.79. The first-order valence-corrected chi connectivity index (χ1v) is 6.12. The maximum absolute atomic E-state index is 12.9. The van der Waals surface area contributed by atoms with Crippen molar-refractivity contribution in [2.75, 3.05) is 0 Å². The molecule has 0 atom stereocenters. The van der Waals surface area contributed by atoms with E-state index in [1.54, 1.807) is 13.8 Å². The standard InChI is InChI=1S/C14H14F3NO/c1-8(2)11-6-9(14(15,16)17)7-12(13(11)18-3)19-10-4-5-10/h6-8,10H,4-5H2,1-2H3. The van der Waals surface area contributed by atoms with Gasteiger partial charge >= 0.3 is 6.18 Å². The van der Waals surface area contributed by atoms with Gasteiger partial charge in [-0.25, -0.2) is 4.85 Å². The molecular formula is C14H14F3NO. The van der Waals surface area contributed by atoms with E-state index in [-0.39, 0.29) is 23.5 Å². The second kappa shape index (κ2) is 4.76. The summed E-state index contributed by atoms with van der Waals surface area (Å²) in [6.45, 7) is 10.7. The lowest BCUT2D eigenvalue weighted by Crippen LogP contribution is -2.08. The van der Waals surface area contributed by atoms with Gasteiger partial charge in [0, 0.05) is 0 Å². The maximum atomic E-state index is 12.9. The molecule has 1 fully saturated rings. The molecule has 0 aliphatic heterocycles. The van der Waals surface area contributed by atoms with Crippen molar-refractivity contribution in [1.29, 1.82) is 0 Å². The summed E-state index contributed by atoms with van der Waals surface area (Å²) >= 11 is 0. The lowest BCUT2D eigenvalue weighted by atomic mass is 9.97. The third kappa shape index (κ3) is 3.01. The van der Waals surface area contributed by atoms with Crippen LogP contribution in [-0.4, -0.2) is 6.10 Å². The molecule has 0 amide bonds. The molecule has 0 bridgehead atoms. The smallest absolute Gasteiger partial charge is 0.416 e. The second-order valence-corrected chi connectivity index (χ2v) is 4.99. The van der Waals surface area contributed by atoms with E-state index < -0.39 is 11.7 Å². The van der Waals surface area contributed by atoms with Gasteiger partial charge in [-0.1, -0.05) is 19.9 Å². The molecule has 1 aliphatic rings. The van der Waals surface area contributed by atoms with Crippen molar-refractivity contribution in [3.63, 3.8) is 0 Å². The molecule has 102 valence electrons. The fraction of sp³-hybridized carbons (Fsp3) is 0.500. The number of hydrogen-bond acceptors (Lipinski definition) is 1. The Kier molecular flexibility index (Phi) is 3.44. The predicted molar refractivity (Wildman–Crippen MR) is 65.4 cm³/mol. The van der Waals surface area contributed by atoms with Crippen LogP contribution in [0.4, 0.5) is 18.9 Å². The Morgan fingerprint density at radius 1 is 1.32 bits per heavy atom. The van der Waals surface area contributed by atoms with Gasteiger partial charge in [0.25, 0.3) is 0 Å². The lowest BCUT2D eigenvalue weighted by Gasteiger charge is -2.17. The van der Waals surface area contributed by atoms with E-state index in [4.69, 9.17) is 11.3 Å². The number of rotatable bonds is 3. The van der Waals surface area contributed by atoms with E-state index >= 15 is 0 Å². The fourth-order valence-corrected chi connectivity index (χ4v) is 1.81. The summed E-state index contributed by atoms with van der Waals surface area (Å²) in [7, 11) is 0. The van der Waals surface area contributed by atoms with Crippen LogP contribution in [-0.2, 0) is 6.18 Å². The molecule has 0 heterocycles. The zero-order chi connectivity index (χ0) is 14.2. The Balaban J connectivity index is 2.55. The van der Waals surface area contributed by atoms with Gasteiger partial charge in [0.15, 0.2) is 0 Å². The van der Waals surface area contributed by atoms with Gasteiger partial charge in [0.2, 0.25) is 5.69 Å². The maximum Gasteiger partial charge on any atom is 0.416 e. The van der Waals surface area contributed by atoms with Gasteiger partial charge in [-0.05, 0) is 30.4 Å². The third-order valence-electron chi connectivity index (χ3n) is 2.98. The minimum absolute atomic E-state index is 0.0380. The summed E-state index contributed by atoms with van der Waals surface area (Å²) < 4.78 is 44.1. The molecule has 0 spiro atoms. The van der Waals surface area contributed by atoms with Crippen LogP contribution in [0.5, 0.6) is 5.75 Å². The summed E-state index contributed by atoms with van der Waals surface area (Å²) in [6, 6.07) is 2.00. The van der Waals surface area contributed by atoms with E-state index in [1.165, 1.54) is 0 Å². The van der Waals surface area contributed by atoms with Gasteiger partial charge in [0.05, 0.1) is 18.2 Å². The van der Waals surface area contributed by atoms with Crippen LogP contribution < -0.4 is 4.74 Å². The van der Waals surface area contributed by atoms with Crippen LogP contribution in [0, 0.1) is 6.57 Å². The third-order valence-corrected chi connectivity index (χ3v) is 2.98. The average Bonchev–Trinajstić information content (AvgIpc) is 3.10. The summed E-state index contributed by atoms with van der Waals surface area (Å²) in [5.74, 6) is -0.0935. The highest BCUT2D eigenvalue weighted by molar-refractivity contribution is 5.66. The highest BCUT2D eigenvalue weighted by atomic mass is 19.4. The van der Waals surface area contributed by atoms with E-state index in [9.17, 15) is 13.2 Å². The van der Waals surface area contributed by atoms with Crippen LogP contribution >= 0.6 is 0 Å². The van der Waals surface area contributed by atoms with Crippen LogP contribution in [0.2, 0.25) is 0 Å². The number of ether oxygens (including phenoxy) is 1. The van der Waals surface area contributed by atoms with Crippen LogP contribution in [0.1, 0.15) is 43.7 Å². The van der Waals surface area contributed by atoms with Crippen molar-refractivity contribution in [3.05, 3.63) is 34.7 Å². The average molecular weight is 269 g/mol. The number of halogens is 3. The summed E-state index contributed by atoms with van der Waals surface area (Å²) in [4.78, 5) is 3.35. The van der Waals surface area contributed by atoms with E-state index in [0.29, 0.717) is 5.56 Å². The molecule has 5 heteroatoms. The van der Waals surface area contributed by atoms with Crippen molar-refractivity contribution < 1.29 is 17.9 Å². The number of alkyl halides is 3. The molecule has 2 nitrogen and oxygen atoms in total. The predicted octanol–water partition coefficient (Wildman–Crippen LogP) is 4.92. The molecule has 0 radical (unpaired) electrons. The van der Waals surface area contributed by atoms with E-state index in [2.05, 4.69) is 4.85 Å². The zero-order valence-electron chi connectivity index (χ0n) is 10.7. The first kappa shape index (κ1) is 13.7. The molecule has 1 aliphatic carbocycles. The molecular weight excluding hydrogens is 255 g/mol. The second-order valence-electron chi connectivity index (χ2n) is 4.99. The van der Waals surface area contributed by atoms with Crippen molar-refractivity contribution in [2.24, 2.45) is 0 Å². The van der Waals surface area contributed by atoms with Crippen LogP contribution in [0.15, 0.2) is 12.1 Å². The van der Waals surface area contributed by atoms with Crippen molar-refractivity contribution in [2.45, 2.75) is 44.9 Å². The molecule has 0 saturated heterocycles. The Labute approximate surface area is 110 Å². The van der Waals surface area contributed by atoms with Crippen LogP contribution in [0.25, 0.3) is 4.85 Å². The van der Waals surface area contributed by atoms with Gasteiger partial charge in [-0.2, -0.15) is 13.2 Å². The minimum Gasteiger partial charge on any atom is -0.501 e. The molecule has 2 rings (SSSR count). The Morgan fingerprint density at radius 2 is 1.95 bits per heavy atom. The largest absolute Gasteiger partial charge is 0.501 e. The monoisotopic (exact) mass is 269 g/mol. The molecule has 0 N–H and O–H groups in total. The molecule has 0 aromatic heterocycles. The number of benzene rings is 1. The Morgan fingerprint density at radius 3 is 2.37 bits per heavy atom. The molecule has 1 saturated carbocycles. The number of nitrogens with zero attached hydrogens (tertiary/aromatic N) is 1. The Bertz CT molecular complexity index is 525. The molecule has 0 unspecified atom stereocenters. The van der Waals surface area contributed by atoms with Gasteiger partial charge in [0.1, 0.15) is 5.75 Å². The normalized spacial score (nSPS) is 15.4. The first-order chi connectivity index (χ1) is 8.82. The minimum atomic E-state index is -4.42. The molecule has 1 aromatic rings. The molecule has 19 heavy (non-hydrogen) atoms. The summed E-state index contributed by atoms with van der Waals surface area (Å²) in [5.41, 5.74) is -0.158. The summed E-state index contributed by atoms with van der Waals surface area (Å²) in [5, 5.41) is 0. The topological polar surface area (TPSA) is 13.6 Å².